The van der Waals surface area contributed by atoms with Crippen LogP contribution in [0.15, 0.2) is 23.6 Å². The molecule has 0 saturated heterocycles. The summed E-state index contributed by atoms with van der Waals surface area (Å²) in [7, 11) is 3.03. The van der Waals surface area contributed by atoms with Gasteiger partial charge in [-0.15, -0.1) is 11.3 Å². The minimum absolute atomic E-state index is 0.332. The van der Waals surface area contributed by atoms with Gasteiger partial charge in [-0.25, -0.2) is 4.98 Å². The second kappa shape index (κ2) is 6.55. The van der Waals surface area contributed by atoms with Crippen LogP contribution in [-0.4, -0.2) is 30.2 Å². The molecule has 21 heavy (non-hydrogen) atoms. The summed E-state index contributed by atoms with van der Waals surface area (Å²) in [4.78, 5) is 16.4. The summed E-state index contributed by atoms with van der Waals surface area (Å²) in [6.07, 6.45) is -0.664. The Morgan fingerprint density at radius 1 is 1.38 bits per heavy atom. The third kappa shape index (κ3) is 3.50. The molecule has 1 unspecified atom stereocenters. The third-order valence-corrected chi connectivity index (χ3v) is 3.60. The molecule has 0 saturated carbocycles. The van der Waals surface area contributed by atoms with Gasteiger partial charge in [-0.05, 0) is 19.1 Å². The molecule has 2 N–H and O–H groups in total. The number of ether oxygens (including phenoxy) is 2. The Bertz CT molecular complexity index is 640. The smallest absolute Gasteiger partial charge is 0.261 e. The lowest BCUT2D eigenvalue weighted by Gasteiger charge is -2.09. The predicted octanol–water partition coefficient (Wildman–Crippen LogP) is 2.47. The van der Waals surface area contributed by atoms with E-state index in [1.54, 1.807) is 37.6 Å². The van der Waals surface area contributed by atoms with E-state index in [1.165, 1.54) is 18.4 Å². The number of hydrogen-bond donors (Lipinski definition) is 2. The highest BCUT2D eigenvalue weighted by Crippen LogP contribution is 2.26. The molecule has 1 amide bonds. The van der Waals surface area contributed by atoms with Crippen molar-refractivity contribution < 1.29 is 19.4 Å². The number of anilines is 1. The number of nitrogens with one attached hydrogen (secondary N) is 1. The lowest BCUT2D eigenvalue weighted by atomic mass is 10.2. The summed E-state index contributed by atoms with van der Waals surface area (Å²) in [6, 6.07) is 4.94. The first-order valence-electron chi connectivity index (χ1n) is 6.22. The molecule has 6 nitrogen and oxygen atoms in total. The number of amides is 1. The van der Waals surface area contributed by atoms with Crippen molar-refractivity contribution >= 4 is 22.4 Å². The number of aliphatic hydroxyl groups excluding tert-OH is 1. The minimum Gasteiger partial charge on any atom is -0.497 e. The van der Waals surface area contributed by atoms with Crippen LogP contribution in [0, 0.1) is 0 Å². The highest BCUT2D eigenvalue weighted by Gasteiger charge is 2.15. The summed E-state index contributed by atoms with van der Waals surface area (Å²) in [5.74, 6) is 0.689. The third-order valence-electron chi connectivity index (χ3n) is 2.82. The summed E-state index contributed by atoms with van der Waals surface area (Å²) in [5, 5.41) is 14.2. The molecule has 2 rings (SSSR count). The SMILES string of the molecule is COc1ccc(C(=O)Nc2nc(C(C)O)cs2)c(OC)c1. The number of benzene rings is 1. The van der Waals surface area contributed by atoms with Gasteiger partial charge >= 0.3 is 0 Å². The normalized spacial score (nSPS) is 11.8. The number of aliphatic hydroxyl groups is 1. The van der Waals surface area contributed by atoms with Gasteiger partial charge < -0.3 is 14.6 Å². The van der Waals surface area contributed by atoms with Crippen molar-refractivity contribution in [1.82, 2.24) is 4.98 Å². The topological polar surface area (TPSA) is 80.7 Å². The molecular formula is C14H16N2O4S. The van der Waals surface area contributed by atoms with Gasteiger partial charge in [0.05, 0.1) is 31.6 Å². The van der Waals surface area contributed by atoms with Crippen molar-refractivity contribution in [3.8, 4) is 11.5 Å². The monoisotopic (exact) mass is 308 g/mol. The molecule has 0 radical (unpaired) electrons. The maximum Gasteiger partial charge on any atom is 0.261 e. The average molecular weight is 308 g/mol. The fourth-order valence-electron chi connectivity index (χ4n) is 1.69. The number of carbonyl (C=O) groups excluding carboxylic acids is 1. The van der Waals surface area contributed by atoms with Gasteiger partial charge in [0.25, 0.3) is 5.91 Å². The van der Waals surface area contributed by atoms with Crippen LogP contribution in [0.25, 0.3) is 0 Å². The van der Waals surface area contributed by atoms with E-state index in [2.05, 4.69) is 10.3 Å². The lowest BCUT2D eigenvalue weighted by Crippen LogP contribution is -2.13. The standard InChI is InChI=1S/C14H16N2O4S/c1-8(17)11-7-21-14(15-11)16-13(18)10-5-4-9(19-2)6-12(10)20-3/h4-8,17H,1-3H3,(H,15,16,18). The molecule has 112 valence electrons. The summed E-state index contributed by atoms with van der Waals surface area (Å²) in [6.45, 7) is 1.62. The van der Waals surface area contributed by atoms with E-state index in [9.17, 15) is 9.90 Å². The van der Waals surface area contributed by atoms with Crippen molar-refractivity contribution in [2.45, 2.75) is 13.0 Å². The molecule has 1 heterocycles. The molecular weight excluding hydrogens is 292 g/mol. The molecule has 0 spiro atoms. The molecule has 1 aromatic heterocycles. The van der Waals surface area contributed by atoms with E-state index in [4.69, 9.17) is 9.47 Å². The van der Waals surface area contributed by atoms with Crippen molar-refractivity contribution in [3.63, 3.8) is 0 Å². The van der Waals surface area contributed by atoms with E-state index in [0.29, 0.717) is 27.9 Å². The van der Waals surface area contributed by atoms with E-state index in [1.807, 2.05) is 0 Å². The van der Waals surface area contributed by atoms with Gasteiger partial charge in [0.2, 0.25) is 0 Å². The Morgan fingerprint density at radius 2 is 2.14 bits per heavy atom. The second-order valence-electron chi connectivity index (χ2n) is 4.27. The average Bonchev–Trinajstić information content (AvgIpc) is 2.95. The molecule has 0 aliphatic heterocycles. The second-order valence-corrected chi connectivity index (χ2v) is 5.13. The maximum absolute atomic E-state index is 12.2. The van der Waals surface area contributed by atoms with Gasteiger partial charge in [0.1, 0.15) is 11.5 Å². The highest BCUT2D eigenvalue weighted by atomic mass is 32.1. The number of nitrogens with zero attached hydrogens (tertiary/aromatic N) is 1. The van der Waals surface area contributed by atoms with Crippen LogP contribution < -0.4 is 14.8 Å². The Labute approximate surface area is 126 Å². The van der Waals surface area contributed by atoms with Gasteiger partial charge in [-0.2, -0.15) is 0 Å². The molecule has 7 heteroatoms. The fraction of sp³-hybridized carbons (Fsp3) is 0.286. The van der Waals surface area contributed by atoms with Crippen molar-refractivity contribution in [2.75, 3.05) is 19.5 Å². The molecule has 1 aromatic carbocycles. The van der Waals surface area contributed by atoms with Crippen LogP contribution in [0.3, 0.4) is 0 Å². The quantitative estimate of drug-likeness (QED) is 0.887. The fourth-order valence-corrected chi connectivity index (χ4v) is 2.48. The Kier molecular flexibility index (Phi) is 4.77. The maximum atomic E-state index is 12.2. The molecule has 0 aliphatic carbocycles. The number of hydrogen-bond acceptors (Lipinski definition) is 6. The van der Waals surface area contributed by atoms with E-state index < -0.39 is 6.10 Å². The first-order valence-corrected chi connectivity index (χ1v) is 7.10. The van der Waals surface area contributed by atoms with Crippen LogP contribution in [0.4, 0.5) is 5.13 Å². The molecule has 1 atom stereocenters. The first kappa shape index (κ1) is 15.3. The zero-order valence-corrected chi connectivity index (χ0v) is 12.7. The van der Waals surface area contributed by atoms with Crippen LogP contribution in [0.2, 0.25) is 0 Å². The molecule has 0 fully saturated rings. The van der Waals surface area contributed by atoms with Crippen molar-refractivity contribution in [2.24, 2.45) is 0 Å². The minimum atomic E-state index is -0.664. The van der Waals surface area contributed by atoms with Crippen LogP contribution in [-0.2, 0) is 0 Å². The Balaban J connectivity index is 2.19. The summed E-state index contributed by atoms with van der Waals surface area (Å²) in [5.41, 5.74) is 0.907. The van der Waals surface area contributed by atoms with E-state index in [0.717, 1.165) is 0 Å². The van der Waals surface area contributed by atoms with Crippen molar-refractivity contribution in [1.29, 1.82) is 0 Å². The molecule has 0 aliphatic rings. The van der Waals surface area contributed by atoms with Crippen LogP contribution in [0.5, 0.6) is 11.5 Å². The number of carbonyl (C=O) groups is 1. The molecule has 0 bridgehead atoms. The van der Waals surface area contributed by atoms with E-state index in [-0.39, 0.29) is 5.91 Å². The van der Waals surface area contributed by atoms with Crippen molar-refractivity contribution in [3.05, 3.63) is 34.8 Å². The van der Waals surface area contributed by atoms with Gasteiger partial charge in [0, 0.05) is 11.4 Å². The van der Waals surface area contributed by atoms with E-state index >= 15 is 0 Å². The molecule has 2 aromatic rings. The number of thiazole rings is 1. The Morgan fingerprint density at radius 3 is 2.71 bits per heavy atom. The highest BCUT2D eigenvalue weighted by molar-refractivity contribution is 7.14. The zero-order chi connectivity index (χ0) is 15.4. The van der Waals surface area contributed by atoms with Crippen LogP contribution >= 0.6 is 11.3 Å². The first-order chi connectivity index (χ1) is 10.0. The van der Waals surface area contributed by atoms with Crippen LogP contribution in [0.1, 0.15) is 29.1 Å². The van der Waals surface area contributed by atoms with Gasteiger partial charge in [-0.1, -0.05) is 0 Å². The number of methoxy groups -OCH3 is 2. The lowest BCUT2D eigenvalue weighted by molar-refractivity contribution is 0.102. The van der Waals surface area contributed by atoms with Gasteiger partial charge in [-0.3, -0.25) is 10.1 Å². The summed E-state index contributed by atoms with van der Waals surface area (Å²) < 4.78 is 10.3. The number of rotatable bonds is 5. The number of aromatic nitrogens is 1. The largest absolute Gasteiger partial charge is 0.497 e. The Hall–Kier alpha value is -2.12. The summed E-state index contributed by atoms with van der Waals surface area (Å²) >= 11 is 1.25. The predicted molar refractivity (Wildman–Crippen MR) is 80.2 cm³/mol. The van der Waals surface area contributed by atoms with Gasteiger partial charge in [0.15, 0.2) is 5.13 Å². The zero-order valence-electron chi connectivity index (χ0n) is 11.9.